The van der Waals surface area contributed by atoms with Crippen molar-refractivity contribution in [3.63, 3.8) is 0 Å². The lowest BCUT2D eigenvalue weighted by Gasteiger charge is -2.12. The molecule has 0 atom stereocenters. The van der Waals surface area contributed by atoms with Gasteiger partial charge in [-0.2, -0.15) is 0 Å². The van der Waals surface area contributed by atoms with Crippen LogP contribution in [0, 0.1) is 13.8 Å². The molecule has 7 nitrogen and oxygen atoms in total. The molecule has 228 valence electrons. The normalized spacial score (nSPS) is 10.6. The van der Waals surface area contributed by atoms with E-state index in [4.69, 9.17) is 18.9 Å². The van der Waals surface area contributed by atoms with Crippen LogP contribution in [-0.2, 0) is 16.0 Å². The molecule has 0 bridgehead atoms. The number of rotatable bonds is 17. The van der Waals surface area contributed by atoms with E-state index in [2.05, 4.69) is 13.5 Å². The number of carbonyl (C=O) groups excluding carboxylic acids is 3. The summed E-state index contributed by atoms with van der Waals surface area (Å²) < 4.78 is 21.9. The Morgan fingerprint density at radius 3 is 1.93 bits per heavy atom. The number of benzene rings is 3. The molecule has 0 unspecified atom stereocenters. The van der Waals surface area contributed by atoms with E-state index in [9.17, 15) is 14.4 Å². The molecule has 0 aliphatic carbocycles. The van der Waals surface area contributed by atoms with Gasteiger partial charge in [-0.1, -0.05) is 51.3 Å². The summed E-state index contributed by atoms with van der Waals surface area (Å²) in [6.45, 7) is 9.96. The first kappa shape index (κ1) is 33.1. The number of esters is 3. The lowest BCUT2D eigenvalue weighted by molar-refractivity contribution is -0.137. The highest BCUT2D eigenvalue weighted by Crippen LogP contribution is 2.24. The van der Waals surface area contributed by atoms with Crippen LogP contribution in [0.3, 0.4) is 0 Å². The van der Waals surface area contributed by atoms with E-state index in [1.807, 2.05) is 31.2 Å². The molecule has 0 fully saturated rings. The lowest BCUT2D eigenvalue weighted by atomic mass is 10.1. The van der Waals surface area contributed by atoms with Crippen molar-refractivity contribution >= 4 is 17.9 Å². The van der Waals surface area contributed by atoms with E-state index < -0.39 is 17.9 Å². The van der Waals surface area contributed by atoms with Crippen molar-refractivity contribution in [3.05, 3.63) is 101 Å². The third-order valence-corrected chi connectivity index (χ3v) is 6.93. The van der Waals surface area contributed by atoms with Gasteiger partial charge in [-0.15, -0.1) is 0 Å². The zero-order chi connectivity index (χ0) is 31.0. The standard InChI is InChI=1S/C36H42O7/c1-5-7-8-9-10-13-28-14-18-31(19-15-28)42-35(38)29-17-21-33(27(4)25-29)43-36(39)30-16-20-32(26(3)24-30)40-22-11-12-23-41-34(37)6-2/h6,14-21,24-25H,2,5,7-13,22-23H2,1,3-4H3. The molecule has 0 N–H and O–H groups in total. The average molecular weight is 587 g/mol. The smallest absolute Gasteiger partial charge is 0.343 e. The van der Waals surface area contributed by atoms with Gasteiger partial charge in [0.2, 0.25) is 0 Å². The molecule has 7 heteroatoms. The summed E-state index contributed by atoms with van der Waals surface area (Å²) in [5.41, 5.74) is 3.41. The third kappa shape index (κ3) is 11.1. The van der Waals surface area contributed by atoms with Gasteiger partial charge in [0.1, 0.15) is 17.2 Å². The molecule has 3 aromatic carbocycles. The van der Waals surface area contributed by atoms with Crippen LogP contribution in [0.4, 0.5) is 0 Å². The van der Waals surface area contributed by atoms with Gasteiger partial charge in [0.15, 0.2) is 0 Å². The van der Waals surface area contributed by atoms with Crippen LogP contribution in [0.2, 0.25) is 0 Å². The molecular formula is C36H42O7. The van der Waals surface area contributed by atoms with Crippen LogP contribution in [0.5, 0.6) is 17.2 Å². The number of hydrogen-bond donors (Lipinski definition) is 0. The first-order valence-corrected chi connectivity index (χ1v) is 15.0. The predicted molar refractivity (Wildman–Crippen MR) is 167 cm³/mol. The Morgan fingerprint density at radius 1 is 0.698 bits per heavy atom. The minimum Gasteiger partial charge on any atom is -0.493 e. The van der Waals surface area contributed by atoms with E-state index in [0.29, 0.717) is 60.0 Å². The second-order valence-electron chi connectivity index (χ2n) is 10.5. The highest BCUT2D eigenvalue weighted by Gasteiger charge is 2.15. The molecule has 0 saturated carbocycles. The Labute approximate surface area is 254 Å². The van der Waals surface area contributed by atoms with Crippen LogP contribution < -0.4 is 14.2 Å². The maximum atomic E-state index is 12.8. The Kier molecular flexibility index (Phi) is 13.5. The number of aryl methyl sites for hydroxylation is 3. The van der Waals surface area contributed by atoms with Gasteiger partial charge >= 0.3 is 17.9 Å². The zero-order valence-electron chi connectivity index (χ0n) is 25.5. The molecule has 0 radical (unpaired) electrons. The minimum absolute atomic E-state index is 0.312. The lowest BCUT2D eigenvalue weighted by Crippen LogP contribution is -2.12. The highest BCUT2D eigenvalue weighted by molar-refractivity contribution is 5.93. The Bertz CT molecular complexity index is 1370. The van der Waals surface area contributed by atoms with Crippen molar-refractivity contribution in [2.45, 2.75) is 72.1 Å². The first-order valence-electron chi connectivity index (χ1n) is 15.0. The fourth-order valence-electron chi connectivity index (χ4n) is 4.43. The summed E-state index contributed by atoms with van der Waals surface area (Å²) in [5.74, 6) is 0.0908. The SMILES string of the molecule is C=CC(=O)OCCCCOc1ccc(C(=O)Oc2ccc(C(=O)Oc3ccc(CCCCCCC)cc3)cc2C)cc1C. The van der Waals surface area contributed by atoms with Crippen molar-refractivity contribution in [2.75, 3.05) is 13.2 Å². The van der Waals surface area contributed by atoms with E-state index in [1.165, 1.54) is 31.2 Å². The number of carbonyl (C=O) groups is 3. The summed E-state index contributed by atoms with van der Waals surface area (Å²) in [6, 6.07) is 17.6. The van der Waals surface area contributed by atoms with Gasteiger partial charge in [0.25, 0.3) is 0 Å². The fourth-order valence-corrected chi connectivity index (χ4v) is 4.43. The molecule has 0 heterocycles. The van der Waals surface area contributed by atoms with Gasteiger partial charge in [-0.3, -0.25) is 0 Å². The molecule has 0 spiro atoms. The van der Waals surface area contributed by atoms with Crippen molar-refractivity contribution in [1.29, 1.82) is 0 Å². The Hall–Kier alpha value is -4.39. The second kappa shape index (κ2) is 17.5. The predicted octanol–water partition coefficient (Wildman–Crippen LogP) is 8.14. The van der Waals surface area contributed by atoms with Gasteiger partial charge in [0, 0.05) is 6.08 Å². The molecule has 0 saturated heterocycles. The van der Waals surface area contributed by atoms with Crippen molar-refractivity contribution in [3.8, 4) is 17.2 Å². The summed E-state index contributed by atoms with van der Waals surface area (Å²) in [7, 11) is 0. The number of unbranched alkanes of at least 4 members (excludes halogenated alkanes) is 5. The van der Waals surface area contributed by atoms with Crippen molar-refractivity contribution in [1.82, 2.24) is 0 Å². The van der Waals surface area contributed by atoms with Crippen LogP contribution in [0.25, 0.3) is 0 Å². The Balaban J connectivity index is 1.48. The van der Waals surface area contributed by atoms with Crippen molar-refractivity contribution in [2.24, 2.45) is 0 Å². The van der Waals surface area contributed by atoms with Crippen LogP contribution in [0.1, 0.15) is 89.3 Å². The summed E-state index contributed by atoms with van der Waals surface area (Å²) >= 11 is 0. The summed E-state index contributed by atoms with van der Waals surface area (Å²) in [5, 5.41) is 0. The zero-order valence-corrected chi connectivity index (χ0v) is 25.5. The van der Waals surface area contributed by atoms with Crippen LogP contribution >= 0.6 is 0 Å². The van der Waals surface area contributed by atoms with E-state index in [1.54, 1.807) is 43.3 Å². The van der Waals surface area contributed by atoms with Crippen LogP contribution in [0.15, 0.2) is 73.3 Å². The largest absolute Gasteiger partial charge is 0.493 e. The van der Waals surface area contributed by atoms with E-state index in [-0.39, 0.29) is 0 Å². The number of ether oxygens (including phenoxy) is 4. The van der Waals surface area contributed by atoms with Crippen molar-refractivity contribution < 1.29 is 33.3 Å². The second-order valence-corrected chi connectivity index (χ2v) is 10.5. The quantitative estimate of drug-likeness (QED) is 0.0683. The molecular weight excluding hydrogens is 544 g/mol. The topological polar surface area (TPSA) is 88.1 Å². The van der Waals surface area contributed by atoms with Gasteiger partial charge in [0.05, 0.1) is 24.3 Å². The van der Waals surface area contributed by atoms with Gasteiger partial charge in [-0.05, 0) is 105 Å². The fraction of sp³-hybridized carbons (Fsp3) is 0.361. The highest BCUT2D eigenvalue weighted by atomic mass is 16.5. The monoisotopic (exact) mass is 586 g/mol. The first-order chi connectivity index (χ1) is 20.8. The number of hydrogen-bond acceptors (Lipinski definition) is 7. The maximum Gasteiger partial charge on any atom is 0.343 e. The molecule has 0 aliphatic rings. The molecule has 3 rings (SSSR count). The molecule has 0 aliphatic heterocycles. The van der Waals surface area contributed by atoms with Gasteiger partial charge < -0.3 is 18.9 Å². The van der Waals surface area contributed by atoms with E-state index >= 15 is 0 Å². The maximum absolute atomic E-state index is 12.8. The van der Waals surface area contributed by atoms with Gasteiger partial charge in [-0.25, -0.2) is 14.4 Å². The summed E-state index contributed by atoms with van der Waals surface area (Å²) in [4.78, 5) is 36.6. The molecule has 0 amide bonds. The van der Waals surface area contributed by atoms with Crippen LogP contribution in [-0.4, -0.2) is 31.1 Å². The Morgan fingerprint density at radius 2 is 1.30 bits per heavy atom. The van der Waals surface area contributed by atoms with E-state index in [0.717, 1.165) is 24.5 Å². The third-order valence-electron chi connectivity index (χ3n) is 6.93. The molecule has 0 aromatic heterocycles. The average Bonchev–Trinajstić information content (AvgIpc) is 3.00. The minimum atomic E-state index is -0.512. The summed E-state index contributed by atoms with van der Waals surface area (Å²) in [6.07, 6.45) is 9.72. The molecule has 43 heavy (non-hydrogen) atoms. The molecule has 3 aromatic rings.